The number of halogens is 1. The summed E-state index contributed by atoms with van der Waals surface area (Å²) in [5, 5.41) is 40.9. The molecule has 520 valence electrons. The second kappa shape index (κ2) is 35.2. The van der Waals surface area contributed by atoms with E-state index in [9.17, 15) is 37.3 Å². The molecule has 0 bridgehead atoms. The van der Waals surface area contributed by atoms with Crippen molar-refractivity contribution in [3.8, 4) is 80.5 Å². The Balaban J connectivity index is 0.000000232. The first-order chi connectivity index (χ1) is 45.2. The van der Waals surface area contributed by atoms with Crippen LogP contribution in [0.4, 0.5) is 22.7 Å². The number of phenolic OH excluding ortho intramolecular Hbond substituents is 4. The van der Waals surface area contributed by atoms with E-state index in [0.717, 1.165) is 50.1 Å². The molecule has 0 aliphatic carbocycles. The first-order valence-electron chi connectivity index (χ1n) is 29.3. The predicted octanol–water partition coefficient (Wildman–Crippen LogP) is 15.2. The summed E-state index contributed by atoms with van der Waals surface area (Å²) in [7, 11) is 9.04. The Labute approximate surface area is 577 Å². The number of methoxy groups -OCH3 is 6. The molecule has 8 rings (SSSR count). The number of anilines is 4. The minimum Gasteiger partial charge on any atom is -0.505 e. The molecule has 96 heavy (non-hydrogen) atoms. The largest absolute Gasteiger partial charge is 0.505 e. The van der Waals surface area contributed by atoms with Gasteiger partial charge in [0.05, 0.1) is 64.7 Å². The van der Waals surface area contributed by atoms with Gasteiger partial charge in [0.1, 0.15) is 68.9 Å². The van der Waals surface area contributed by atoms with E-state index in [2.05, 4.69) is 18.9 Å². The molecule has 0 spiro atoms. The van der Waals surface area contributed by atoms with Gasteiger partial charge in [0, 0.05) is 22.8 Å². The van der Waals surface area contributed by atoms with E-state index in [-0.39, 0.29) is 45.2 Å². The van der Waals surface area contributed by atoms with Crippen LogP contribution in [-0.4, -0.2) is 79.9 Å². The minimum atomic E-state index is -1.99. The fourth-order valence-corrected chi connectivity index (χ4v) is 13.2. The molecule has 0 aromatic heterocycles. The van der Waals surface area contributed by atoms with Crippen molar-refractivity contribution in [3.63, 3.8) is 0 Å². The summed E-state index contributed by atoms with van der Waals surface area (Å²) in [6.45, 7) is 27.8. The van der Waals surface area contributed by atoms with Crippen LogP contribution in [0.25, 0.3) is 0 Å². The molecule has 0 radical (unpaired) electrons. The van der Waals surface area contributed by atoms with Crippen molar-refractivity contribution >= 4 is 79.4 Å². The highest BCUT2D eigenvalue weighted by molar-refractivity contribution is 7.82. The third kappa shape index (κ3) is 20.1. The van der Waals surface area contributed by atoms with Crippen LogP contribution in [0.5, 0.6) is 80.5 Å². The van der Waals surface area contributed by atoms with Crippen LogP contribution < -0.4 is 64.0 Å². The van der Waals surface area contributed by atoms with Gasteiger partial charge in [-0.05, 0) is 196 Å². The minimum absolute atomic E-state index is 0.0108. The number of ether oxygens (including phenoxy) is 6. The lowest BCUT2D eigenvalue weighted by Crippen LogP contribution is -2.14. The van der Waals surface area contributed by atoms with E-state index in [1.54, 1.807) is 105 Å². The van der Waals surface area contributed by atoms with Gasteiger partial charge in [-0.15, -0.1) is 0 Å². The molecule has 4 atom stereocenters. The van der Waals surface area contributed by atoms with Crippen molar-refractivity contribution in [3.05, 3.63) is 173 Å². The summed E-state index contributed by atoms with van der Waals surface area (Å²) in [6.07, 6.45) is 0. The lowest BCUT2D eigenvalue weighted by molar-refractivity contribution is 0.353. The summed E-state index contributed by atoms with van der Waals surface area (Å²) in [4.78, 5) is 0. The molecule has 0 saturated heterocycles. The molecular formula is C69H85ClN4O18S4. The maximum absolute atomic E-state index is 12.4. The first kappa shape index (κ1) is 77.8. The van der Waals surface area contributed by atoms with Gasteiger partial charge in [0.15, 0.2) is 17.2 Å². The van der Waals surface area contributed by atoms with Crippen molar-refractivity contribution in [2.45, 2.75) is 104 Å². The van der Waals surface area contributed by atoms with Crippen molar-refractivity contribution in [1.82, 2.24) is 0 Å². The maximum Gasteiger partial charge on any atom is 0.316 e. The number of hydrogen-bond donors (Lipinski definition) is 8. The summed E-state index contributed by atoms with van der Waals surface area (Å²) in [6, 6.07) is 25.2. The number of rotatable bonds is 22. The van der Waals surface area contributed by atoms with Gasteiger partial charge >= 0.3 is 45.1 Å². The number of benzene rings is 8. The zero-order chi connectivity index (χ0) is 71.7. The lowest BCUT2D eigenvalue weighted by Gasteiger charge is -2.17. The zero-order valence-corrected chi connectivity index (χ0v) is 61.6. The SMILES string of the molecule is COc1cc(C)c(O)c(NS(=O)Oc2c(C)cc(C)cc2C)c1C.COc1cc(C)c(O)c(NS(=O)Oc2ccc(C)cc2C)c1C.COc1cc(Cl)c(O)c(NS(=O)Oc2c(C)cc(C)cc2C)c1OC.COc1ccc(OS(=O)Nc2c(C)c(OC)cc(C)c2O)c(C)c1. The molecule has 0 aliphatic rings. The second-order valence-corrected chi connectivity index (χ2v) is 25.9. The van der Waals surface area contributed by atoms with Crippen LogP contribution in [0.15, 0.2) is 84.9 Å². The lowest BCUT2D eigenvalue weighted by atomic mass is 10.1. The number of aromatic hydroxyl groups is 4. The van der Waals surface area contributed by atoms with E-state index >= 15 is 0 Å². The highest BCUT2D eigenvalue weighted by Crippen LogP contribution is 2.47. The Hall–Kier alpha value is -8.95. The number of nitrogens with one attached hydrogen (secondary N) is 4. The Bertz CT molecular complexity index is 4180. The van der Waals surface area contributed by atoms with Gasteiger partial charge in [-0.2, -0.15) is 16.8 Å². The predicted molar refractivity (Wildman–Crippen MR) is 383 cm³/mol. The van der Waals surface area contributed by atoms with Gasteiger partial charge in [-0.3, -0.25) is 18.9 Å². The molecule has 8 aromatic rings. The van der Waals surface area contributed by atoms with E-state index in [0.29, 0.717) is 96.4 Å². The highest BCUT2D eigenvalue weighted by Gasteiger charge is 2.24. The fourth-order valence-electron chi connectivity index (χ4n) is 9.74. The van der Waals surface area contributed by atoms with E-state index in [4.69, 9.17) is 56.8 Å². The Morgan fingerprint density at radius 3 is 0.948 bits per heavy atom. The number of hydrogen-bond acceptors (Lipinski definition) is 18. The highest BCUT2D eigenvalue weighted by atomic mass is 35.5. The summed E-state index contributed by atoms with van der Waals surface area (Å²) >= 11 is -1.60. The number of phenols is 4. The molecule has 8 N–H and O–H groups in total. The van der Waals surface area contributed by atoms with Crippen molar-refractivity contribution in [1.29, 1.82) is 0 Å². The molecule has 22 nitrogen and oxygen atoms in total. The van der Waals surface area contributed by atoms with Gasteiger partial charge in [-0.25, -0.2) is 0 Å². The van der Waals surface area contributed by atoms with E-state index in [1.807, 2.05) is 98.7 Å². The monoisotopic (exact) mass is 1420 g/mol. The third-order valence-corrected chi connectivity index (χ3v) is 17.7. The molecule has 4 unspecified atom stereocenters. The van der Waals surface area contributed by atoms with Gasteiger partial charge in [-0.1, -0.05) is 64.7 Å². The van der Waals surface area contributed by atoms with Crippen LogP contribution in [0.1, 0.15) is 83.5 Å². The maximum atomic E-state index is 12.4. The van der Waals surface area contributed by atoms with Crippen molar-refractivity contribution < 1.29 is 82.4 Å². The van der Waals surface area contributed by atoms with Gasteiger partial charge in [0.2, 0.25) is 0 Å². The van der Waals surface area contributed by atoms with Crippen molar-refractivity contribution in [2.75, 3.05) is 61.5 Å². The second-order valence-electron chi connectivity index (χ2n) is 22.1. The van der Waals surface area contributed by atoms with Crippen molar-refractivity contribution in [2.24, 2.45) is 0 Å². The van der Waals surface area contributed by atoms with E-state index in [1.165, 1.54) is 27.4 Å². The molecule has 0 saturated carbocycles. The van der Waals surface area contributed by atoms with E-state index < -0.39 is 45.1 Å². The number of aryl methyl sites for hydroxylation is 12. The molecule has 0 heterocycles. The normalized spacial score (nSPS) is 11.8. The third-order valence-electron chi connectivity index (χ3n) is 14.7. The smallest absolute Gasteiger partial charge is 0.316 e. The average molecular weight is 1420 g/mol. The molecule has 27 heteroatoms. The standard InChI is InChI=1S/C18H23NO4S.C17H20ClNO5S.C17H21NO5S.C17H21NO4S/c1-10-7-12(3)18(13(4)8-10)23-24(21)19-16-14(5)15(22-6)9-11(2)17(16)20;1-9-6-10(2)16(11(3)7-9)24-25(21)19-14-15(20)12(18)8-13(22-4)17(14)23-5;1-10-8-13(21-4)6-7-14(10)23-24(20)18-16-12(3)15(22-5)9-11(2)17(16)19;1-10-6-7-14(11(2)8-10)22-23(20)18-16-13(4)15(21-5)9-12(3)17(16)19/h7-9,19-20H,1-6H3;6-8,19-20H,1-5H3;6-9,18-19H,1-5H3;6-9,18-19H,1-5H3. The van der Waals surface area contributed by atoms with Crippen LogP contribution in [0.3, 0.4) is 0 Å². The fraction of sp³-hybridized carbons (Fsp3) is 0.304. The molecule has 0 aliphatic heterocycles. The molecular weight excluding hydrogens is 1340 g/mol. The quantitative estimate of drug-likeness (QED) is 0.0293. The zero-order valence-electron chi connectivity index (χ0n) is 57.6. The Morgan fingerprint density at radius 1 is 0.302 bits per heavy atom. The summed E-state index contributed by atoms with van der Waals surface area (Å²) < 4.78 is 113. The van der Waals surface area contributed by atoms with Crippen LogP contribution >= 0.6 is 11.6 Å². The van der Waals surface area contributed by atoms with Crippen LogP contribution in [0, 0.1) is 104 Å². The average Bonchev–Trinajstić information content (AvgIpc) is 0.835. The van der Waals surface area contributed by atoms with Crippen LogP contribution in [0.2, 0.25) is 5.02 Å². The summed E-state index contributed by atoms with van der Waals surface area (Å²) in [5.41, 5.74) is 13.3. The van der Waals surface area contributed by atoms with Crippen LogP contribution in [-0.2, 0) is 45.1 Å². The van der Waals surface area contributed by atoms with Gasteiger partial charge in [0.25, 0.3) is 0 Å². The van der Waals surface area contributed by atoms with Gasteiger partial charge < -0.3 is 65.6 Å². The first-order valence-corrected chi connectivity index (χ1v) is 34.0. The summed E-state index contributed by atoms with van der Waals surface area (Å²) in [5.74, 6) is 4.75. The Morgan fingerprint density at radius 2 is 0.625 bits per heavy atom. The molecule has 0 fully saturated rings. The topological polar surface area (TPSA) is 290 Å². The Kier molecular flexibility index (Phi) is 28.5. The molecule has 0 amide bonds. The molecule has 8 aromatic carbocycles.